The number of nitrogens with one attached hydrogen (secondary N) is 1. The fourth-order valence-corrected chi connectivity index (χ4v) is 2.28. The van der Waals surface area contributed by atoms with E-state index >= 15 is 0 Å². The smallest absolute Gasteiger partial charge is 0.223 e. The van der Waals surface area contributed by atoms with E-state index in [1.54, 1.807) is 0 Å². The molecule has 0 aliphatic carbocycles. The maximum atomic E-state index is 4.99. The summed E-state index contributed by atoms with van der Waals surface area (Å²) >= 11 is 0. The average Bonchev–Trinajstić information content (AvgIpc) is 2.85. The van der Waals surface area contributed by atoms with Gasteiger partial charge in [-0.25, -0.2) is 0 Å². The Morgan fingerprint density at radius 2 is 2.22 bits per heavy atom. The highest BCUT2D eigenvalue weighted by molar-refractivity contribution is 4.87. The highest BCUT2D eigenvalue weighted by Crippen LogP contribution is 2.18. The molecular weight excluding hydrogens is 228 g/mol. The minimum atomic E-state index is 0.207. The van der Waals surface area contributed by atoms with Gasteiger partial charge in [-0.15, -0.1) is 0 Å². The second kappa shape index (κ2) is 5.36. The highest BCUT2D eigenvalue weighted by atomic mass is 16.5. The molecule has 1 atom stereocenters. The van der Waals surface area contributed by atoms with Gasteiger partial charge in [-0.05, 0) is 46.2 Å². The topological polar surface area (TPSA) is 54.2 Å². The van der Waals surface area contributed by atoms with Crippen LogP contribution in [-0.4, -0.2) is 40.2 Å². The Bertz CT molecular complexity index is 383. The molecule has 0 amide bonds. The van der Waals surface area contributed by atoms with Crippen molar-refractivity contribution in [1.29, 1.82) is 0 Å². The molecule has 0 radical (unpaired) electrons. The molecule has 5 heteroatoms. The zero-order chi connectivity index (χ0) is 13.2. The van der Waals surface area contributed by atoms with Gasteiger partial charge in [0.15, 0.2) is 5.82 Å². The van der Waals surface area contributed by atoms with Crippen molar-refractivity contribution >= 4 is 0 Å². The monoisotopic (exact) mass is 252 g/mol. The maximum Gasteiger partial charge on any atom is 0.223 e. The number of hydrogen-bond acceptors (Lipinski definition) is 5. The third kappa shape index (κ3) is 4.07. The number of nitrogens with zero attached hydrogens (tertiary/aromatic N) is 3. The third-order valence-corrected chi connectivity index (χ3v) is 3.23. The lowest BCUT2D eigenvalue weighted by Gasteiger charge is -2.23. The third-order valence-electron chi connectivity index (χ3n) is 3.23. The molecule has 0 spiro atoms. The minimum absolute atomic E-state index is 0.207. The van der Waals surface area contributed by atoms with Gasteiger partial charge < -0.3 is 9.84 Å². The van der Waals surface area contributed by atoms with E-state index in [-0.39, 0.29) is 5.54 Å². The second-order valence-corrected chi connectivity index (χ2v) is 6.25. The van der Waals surface area contributed by atoms with Crippen molar-refractivity contribution in [2.45, 2.75) is 46.2 Å². The zero-order valence-corrected chi connectivity index (χ0v) is 11.9. The molecule has 2 rings (SSSR count). The second-order valence-electron chi connectivity index (χ2n) is 6.25. The first kappa shape index (κ1) is 13.5. The molecule has 18 heavy (non-hydrogen) atoms. The van der Waals surface area contributed by atoms with Crippen LogP contribution in [0.25, 0.3) is 0 Å². The van der Waals surface area contributed by atoms with Gasteiger partial charge in [0.1, 0.15) is 0 Å². The van der Waals surface area contributed by atoms with E-state index in [4.69, 9.17) is 4.52 Å². The van der Waals surface area contributed by atoms with Crippen LogP contribution >= 0.6 is 0 Å². The summed E-state index contributed by atoms with van der Waals surface area (Å²) in [6.45, 7) is 12.6. The predicted octanol–water partition coefficient (Wildman–Crippen LogP) is 1.59. The molecule has 1 saturated heterocycles. The number of aryl methyl sites for hydroxylation is 1. The molecule has 1 fully saturated rings. The maximum absolute atomic E-state index is 4.99. The van der Waals surface area contributed by atoms with Gasteiger partial charge in [0.25, 0.3) is 0 Å². The first-order valence-electron chi connectivity index (χ1n) is 6.69. The van der Waals surface area contributed by atoms with Crippen LogP contribution in [0.5, 0.6) is 0 Å². The SMILES string of the molecule is Cc1nc(CN2CCC(CNC(C)(C)C)C2)no1. The fourth-order valence-electron chi connectivity index (χ4n) is 2.28. The summed E-state index contributed by atoms with van der Waals surface area (Å²) in [5.74, 6) is 2.18. The van der Waals surface area contributed by atoms with Crippen LogP contribution in [0.15, 0.2) is 4.52 Å². The molecule has 5 nitrogen and oxygen atoms in total. The van der Waals surface area contributed by atoms with Gasteiger partial charge in [-0.1, -0.05) is 5.16 Å². The molecule has 1 N–H and O–H groups in total. The number of rotatable bonds is 4. The minimum Gasteiger partial charge on any atom is -0.340 e. The molecular formula is C13H24N4O. The van der Waals surface area contributed by atoms with Gasteiger partial charge in [0, 0.05) is 19.0 Å². The van der Waals surface area contributed by atoms with Gasteiger partial charge >= 0.3 is 0 Å². The number of aromatic nitrogens is 2. The summed E-state index contributed by atoms with van der Waals surface area (Å²) < 4.78 is 4.99. The van der Waals surface area contributed by atoms with Crippen LogP contribution in [0.1, 0.15) is 38.9 Å². The van der Waals surface area contributed by atoms with E-state index in [1.807, 2.05) is 6.92 Å². The molecule has 0 bridgehead atoms. The summed E-state index contributed by atoms with van der Waals surface area (Å²) in [5, 5.41) is 7.52. The van der Waals surface area contributed by atoms with Gasteiger partial charge in [0.2, 0.25) is 5.89 Å². The lowest BCUT2D eigenvalue weighted by atomic mass is 10.1. The first-order chi connectivity index (χ1) is 8.42. The quantitative estimate of drug-likeness (QED) is 0.882. The Balaban J connectivity index is 1.75. The van der Waals surface area contributed by atoms with E-state index in [0.29, 0.717) is 5.89 Å². The van der Waals surface area contributed by atoms with Crippen LogP contribution in [0.3, 0.4) is 0 Å². The van der Waals surface area contributed by atoms with Crippen molar-refractivity contribution in [3.63, 3.8) is 0 Å². The van der Waals surface area contributed by atoms with Crippen molar-refractivity contribution < 1.29 is 4.52 Å². The molecule has 1 unspecified atom stereocenters. The molecule has 0 aromatic carbocycles. The van der Waals surface area contributed by atoms with Crippen LogP contribution in [0.4, 0.5) is 0 Å². The molecule has 102 valence electrons. The molecule has 1 aromatic heterocycles. The van der Waals surface area contributed by atoms with Crippen molar-refractivity contribution in [3.05, 3.63) is 11.7 Å². The lowest BCUT2D eigenvalue weighted by molar-refractivity contribution is 0.291. The van der Waals surface area contributed by atoms with Crippen molar-refractivity contribution in [3.8, 4) is 0 Å². The van der Waals surface area contributed by atoms with Gasteiger partial charge in [-0.3, -0.25) is 4.90 Å². The van der Waals surface area contributed by atoms with Gasteiger partial charge in [-0.2, -0.15) is 4.98 Å². The number of hydrogen-bond donors (Lipinski definition) is 1. The summed E-state index contributed by atoms with van der Waals surface area (Å²) in [4.78, 5) is 6.65. The molecule has 1 aliphatic rings. The summed E-state index contributed by atoms with van der Waals surface area (Å²) in [6.07, 6.45) is 1.25. The van der Waals surface area contributed by atoms with Crippen LogP contribution in [0, 0.1) is 12.8 Å². The molecule has 1 aromatic rings. The van der Waals surface area contributed by atoms with Crippen LogP contribution < -0.4 is 5.32 Å². The van der Waals surface area contributed by atoms with Crippen LogP contribution in [-0.2, 0) is 6.54 Å². The summed E-state index contributed by atoms with van der Waals surface area (Å²) in [6, 6.07) is 0. The Kier molecular flexibility index (Phi) is 4.02. The zero-order valence-electron chi connectivity index (χ0n) is 11.9. The van der Waals surface area contributed by atoms with Crippen LogP contribution in [0.2, 0.25) is 0 Å². The Morgan fingerprint density at radius 3 is 2.83 bits per heavy atom. The van der Waals surface area contributed by atoms with Crippen molar-refractivity contribution in [2.75, 3.05) is 19.6 Å². The first-order valence-corrected chi connectivity index (χ1v) is 6.69. The average molecular weight is 252 g/mol. The predicted molar refractivity (Wildman–Crippen MR) is 70.2 cm³/mol. The Morgan fingerprint density at radius 1 is 1.44 bits per heavy atom. The fraction of sp³-hybridized carbons (Fsp3) is 0.846. The van der Waals surface area contributed by atoms with Crippen molar-refractivity contribution in [2.24, 2.45) is 5.92 Å². The van der Waals surface area contributed by atoms with Crippen molar-refractivity contribution in [1.82, 2.24) is 20.4 Å². The lowest BCUT2D eigenvalue weighted by Crippen LogP contribution is -2.39. The van der Waals surface area contributed by atoms with E-state index in [2.05, 4.69) is 41.1 Å². The van der Waals surface area contributed by atoms with Gasteiger partial charge in [0.05, 0.1) is 6.54 Å². The Labute approximate surface area is 109 Å². The number of likely N-dealkylation sites (tertiary alicyclic amines) is 1. The summed E-state index contributed by atoms with van der Waals surface area (Å²) in [5.41, 5.74) is 0.207. The van der Waals surface area contributed by atoms with E-state index in [1.165, 1.54) is 6.42 Å². The molecule has 0 saturated carbocycles. The Hall–Kier alpha value is -0.940. The summed E-state index contributed by atoms with van der Waals surface area (Å²) in [7, 11) is 0. The largest absolute Gasteiger partial charge is 0.340 e. The standard InChI is InChI=1S/C13H24N4O/c1-10-15-12(16-18-10)9-17-6-5-11(8-17)7-14-13(2,3)4/h11,14H,5-9H2,1-4H3. The highest BCUT2D eigenvalue weighted by Gasteiger charge is 2.24. The van der Waals surface area contributed by atoms with E-state index in [9.17, 15) is 0 Å². The molecule has 1 aliphatic heterocycles. The van der Waals surface area contributed by atoms with E-state index < -0.39 is 0 Å². The molecule has 2 heterocycles. The normalized spacial score (nSPS) is 21.7. The van der Waals surface area contributed by atoms with E-state index in [0.717, 1.165) is 37.9 Å².